The summed E-state index contributed by atoms with van der Waals surface area (Å²) in [4.78, 5) is 18.0. The molecule has 0 atom stereocenters. The van der Waals surface area contributed by atoms with E-state index in [1.807, 2.05) is 0 Å². The highest BCUT2D eigenvalue weighted by Gasteiger charge is 2.33. The van der Waals surface area contributed by atoms with E-state index in [1.165, 1.54) is 12.1 Å². The lowest BCUT2D eigenvalue weighted by molar-refractivity contribution is -0.119. The molecule has 1 aliphatic carbocycles. The highest BCUT2D eigenvalue weighted by Crippen LogP contribution is 2.32. The Bertz CT molecular complexity index is 561. The second-order valence-electron chi connectivity index (χ2n) is 4.71. The molecule has 1 fully saturated rings. The van der Waals surface area contributed by atoms with Gasteiger partial charge in [0.15, 0.2) is 0 Å². The van der Waals surface area contributed by atoms with Gasteiger partial charge in [-0.3, -0.25) is 4.79 Å². The second-order valence-corrected chi connectivity index (χ2v) is 4.71. The third-order valence-corrected chi connectivity index (χ3v) is 3.16. The van der Waals surface area contributed by atoms with Gasteiger partial charge in [-0.25, -0.2) is 9.37 Å². The molecule has 1 aliphatic rings. The lowest BCUT2D eigenvalue weighted by atomic mass is 10.2. The molecule has 0 bridgehead atoms. The first-order valence-electron chi connectivity index (χ1n) is 6.27. The van der Waals surface area contributed by atoms with Gasteiger partial charge in [0.2, 0.25) is 5.91 Å². The smallest absolute Gasteiger partial charge is 0.247 e. The van der Waals surface area contributed by atoms with Crippen molar-refractivity contribution >= 4 is 11.6 Å². The lowest BCUT2D eigenvalue weighted by Crippen LogP contribution is -2.35. The lowest BCUT2D eigenvalue weighted by Gasteiger charge is -2.22. The summed E-state index contributed by atoms with van der Waals surface area (Å²) in [5.41, 5.74) is 0.758. The molecular weight excluding hydrogens is 245 g/mol. The molecule has 98 valence electrons. The van der Waals surface area contributed by atoms with E-state index in [2.05, 4.69) is 4.98 Å². The normalized spacial score (nSPS) is 14.4. The molecule has 1 amide bonds. The van der Waals surface area contributed by atoms with Crippen LogP contribution in [0.15, 0.2) is 43.0 Å². The number of carbonyl (C=O) groups excluding carboxylic acids is 1. The summed E-state index contributed by atoms with van der Waals surface area (Å²) in [6, 6.07) is 6.32. The Morgan fingerprint density at radius 3 is 2.68 bits per heavy atom. The number of rotatable bonds is 4. The van der Waals surface area contributed by atoms with Gasteiger partial charge in [-0.1, -0.05) is 0 Å². The van der Waals surface area contributed by atoms with Crippen LogP contribution in [0, 0.1) is 5.82 Å². The van der Waals surface area contributed by atoms with Gasteiger partial charge < -0.3 is 9.47 Å². The van der Waals surface area contributed by atoms with Gasteiger partial charge in [0.25, 0.3) is 0 Å². The first kappa shape index (κ1) is 11.9. The van der Waals surface area contributed by atoms with Crippen molar-refractivity contribution in [2.45, 2.75) is 25.4 Å². The number of aromatic nitrogens is 2. The number of imidazole rings is 1. The molecule has 1 aromatic carbocycles. The monoisotopic (exact) mass is 259 g/mol. The summed E-state index contributed by atoms with van der Waals surface area (Å²) < 4.78 is 14.7. The van der Waals surface area contributed by atoms with Crippen LogP contribution in [0.1, 0.15) is 12.8 Å². The maximum absolute atomic E-state index is 13.0. The van der Waals surface area contributed by atoms with Crippen molar-refractivity contribution in [2.75, 3.05) is 4.90 Å². The highest BCUT2D eigenvalue weighted by molar-refractivity contribution is 5.94. The zero-order valence-electron chi connectivity index (χ0n) is 10.4. The number of anilines is 1. The van der Waals surface area contributed by atoms with Crippen LogP contribution in [-0.4, -0.2) is 21.5 Å². The maximum Gasteiger partial charge on any atom is 0.247 e. The summed E-state index contributed by atoms with van der Waals surface area (Å²) in [7, 11) is 0. The molecule has 0 aliphatic heterocycles. The summed E-state index contributed by atoms with van der Waals surface area (Å²) in [5.74, 6) is -0.284. The van der Waals surface area contributed by atoms with E-state index in [4.69, 9.17) is 0 Å². The van der Waals surface area contributed by atoms with Crippen LogP contribution in [0.25, 0.3) is 0 Å². The average Bonchev–Trinajstić information content (AvgIpc) is 3.09. The fraction of sp³-hybridized carbons (Fsp3) is 0.286. The maximum atomic E-state index is 13.0. The van der Waals surface area contributed by atoms with Gasteiger partial charge in [-0.05, 0) is 37.1 Å². The molecule has 0 radical (unpaired) electrons. The van der Waals surface area contributed by atoms with E-state index in [9.17, 15) is 9.18 Å². The number of hydrogen-bond acceptors (Lipinski definition) is 2. The highest BCUT2D eigenvalue weighted by atomic mass is 19.1. The first-order chi connectivity index (χ1) is 9.24. The average molecular weight is 259 g/mol. The van der Waals surface area contributed by atoms with Crippen LogP contribution < -0.4 is 4.90 Å². The predicted molar refractivity (Wildman–Crippen MR) is 69.1 cm³/mol. The molecule has 0 N–H and O–H groups in total. The van der Waals surface area contributed by atoms with Crippen LogP contribution in [-0.2, 0) is 11.3 Å². The van der Waals surface area contributed by atoms with E-state index in [0.717, 1.165) is 18.5 Å². The Balaban J connectivity index is 1.80. The SMILES string of the molecule is O=C(Cn1ccnc1)N(c1ccc(F)cc1)C1CC1. The molecule has 1 aromatic heterocycles. The molecule has 0 unspecified atom stereocenters. The molecule has 1 saturated carbocycles. The number of nitrogens with zero attached hydrogens (tertiary/aromatic N) is 3. The largest absolute Gasteiger partial charge is 0.328 e. The van der Waals surface area contributed by atoms with Gasteiger partial charge in [-0.15, -0.1) is 0 Å². The number of benzene rings is 1. The molecule has 0 spiro atoms. The molecular formula is C14H14FN3O. The zero-order valence-corrected chi connectivity index (χ0v) is 10.4. The Morgan fingerprint density at radius 1 is 1.37 bits per heavy atom. The number of carbonyl (C=O) groups is 1. The molecule has 1 heterocycles. The number of halogens is 1. The van der Waals surface area contributed by atoms with Gasteiger partial charge in [0.1, 0.15) is 12.4 Å². The number of hydrogen-bond donors (Lipinski definition) is 0. The van der Waals surface area contributed by atoms with Crippen LogP contribution in [0.2, 0.25) is 0 Å². The van der Waals surface area contributed by atoms with Gasteiger partial charge >= 0.3 is 0 Å². The molecule has 5 heteroatoms. The molecule has 2 aromatic rings. The fourth-order valence-corrected chi connectivity index (χ4v) is 2.11. The molecule has 19 heavy (non-hydrogen) atoms. The van der Waals surface area contributed by atoms with Crippen molar-refractivity contribution in [3.05, 3.63) is 48.8 Å². The van der Waals surface area contributed by atoms with Crippen molar-refractivity contribution in [3.8, 4) is 0 Å². The van der Waals surface area contributed by atoms with Crippen LogP contribution in [0.5, 0.6) is 0 Å². The van der Waals surface area contributed by atoms with Gasteiger partial charge in [-0.2, -0.15) is 0 Å². The molecule has 0 saturated heterocycles. The van der Waals surface area contributed by atoms with Crippen molar-refractivity contribution in [2.24, 2.45) is 0 Å². The molecule has 4 nitrogen and oxygen atoms in total. The Kier molecular flexibility index (Phi) is 3.03. The second kappa shape index (κ2) is 4.84. The minimum atomic E-state index is -0.290. The third kappa shape index (κ3) is 2.65. The summed E-state index contributed by atoms with van der Waals surface area (Å²) in [6.07, 6.45) is 7.04. The standard InChI is InChI=1S/C14H14FN3O/c15-11-1-3-12(4-2-11)18(13-5-6-13)14(19)9-17-8-7-16-10-17/h1-4,7-8,10,13H,5-6,9H2. The quantitative estimate of drug-likeness (QED) is 0.844. The van der Waals surface area contributed by atoms with Crippen molar-refractivity contribution in [3.63, 3.8) is 0 Å². The van der Waals surface area contributed by atoms with E-state index in [0.29, 0.717) is 0 Å². The van der Waals surface area contributed by atoms with Gasteiger partial charge in [0.05, 0.1) is 6.33 Å². The third-order valence-electron chi connectivity index (χ3n) is 3.16. The van der Waals surface area contributed by atoms with Crippen molar-refractivity contribution in [1.29, 1.82) is 0 Å². The summed E-state index contributed by atoms with van der Waals surface area (Å²) >= 11 is 0. The first-order valence-corrected chi connectivity index (χ1v) is 6.27. The van der Waals surface area contributed by atoms with Crippen molar-refractivity contribution < 1.29 is 9.18 Å². The predicted octanol–water partition coefficient (Wildman–Crippen LogP) is 2.22. The topological polar surface area (TPSA) is 38.1 Å². The number of amides is 1. The Labute approximate surface area is 110 Å². The van der Waals surface area contributed by atoms with E-state index in [-0.39, 0.29) is 24.3 Å². The summed E-state index contributed by atoms with van der Waals surface area (Å²) in [6.45, 7) is 0.258. The minimum Gasteiger partial charge on any atom is -0.328 e. The summed E-state index contributed by atoms with van der Waals surface area (Å²) in [5, 5.41) is 0. The van der Waals surface area contributed by atoms with E-state index < -0.39 is 0 Å². The van der Waals surface area contributed by atoms with Crippen molar-refractivity contribution in [1.82, 2.24) is 9.55 Å². The van der Waals surface area contributed by atoms with E-state index in [1.54, 1.807) is 40.3 Å². The van der Waals surface area contributed by atoms with E-state index >= 15 is 0 Å². The Hall–Kier alpha value is -2.17. The van der Waals surface area contributed by atoms with Crippen LogP contribution >= 0.6 is 0 Å². The fourth-order valence-electron chi connectivity index (χ4n) is 2.11. The van der Waals surface area contributed by atoms with Crippen LogP contribution in [0.3, 0.4) is 0 Å². The Morgan fingerprint density at radius 2 is 2.11 bits per heavy atom. The van der Waals surface area contributed by atoms with Crippen LogP contribution in [0.4, 0.5) is 10.1 Å². The zero-order chi connectivity index (χ0) is 13.2. The van der Waals surface area contributed by atoms with Gasteiger partial charge in [0, 0.05) is 24.1 Å². The molecule has 3 rings (SSSR count). The minimum absolute atomic E-state index is 0.00658.